The summed E-state index contributed by atoms with van der Waals surface area (Å²) < 4.78 is 0. The molecule has 2 heteroatoms. The summed E-state index contributed by atoms with van der Waals surface area (Å²) in [5.74, 6) is 2.67. The zero-order valence-corrected chi connectivity index (χ0v) is 11.0. The van der Waals surface area contributed by atoms with Gasteiger partial charge in [0.1, 0.15) is 5.69 Å². The average Bonchev–Trinajstić information content (AvgIpc) is 2.88. The van der Waals surface area contributed by atoms with Crippen LogP contribution in [0.5, 0.6) is 0 Å². The third-order valence-corrected chi connectivity index (χ3v) is 3.35. The van der Waals surface area contributed by atoms with Crippen LogP contribution in [-0.4, -0.2) is 9.97 Å². The lowest BCUT2D eigenvalue weighted by Gasteiger charge is -2.08. The highest BCUT2D eigenvalue weighted by atomic mass is 14.7. The highest BCUT2D eigenvalue weighted by molar-refractivity contribution is 5.87. The zero-order chi connectivity index (χ0) is 13.4. The van der Waals surface area contributed by atoms with E-state index in [9.17, 15) is 0 Å². The van der Waals surface area contributed by atoms with Crippen LogP contribution in [0.15, 0.2) is 36.5 Å². The molecule has 0 unspecified atom stereocenters. The normalized spacial score (nSPS) is 10.6. The lowest BCUT2D eigenvalue weighted by atomic mass is 10.0. The zero-order valence-electron chi connectivity index (χ0n) is 11.0. The molecule has 3 rings (SSSR count). The first kappa shape index (κ1) is 11.6. The van der Waals surface area contributed by atoms with Crippen LogP contribution in [0.25, 0.3) is 22.2 Å². The van der Waals surface area contributed by atoms with Crippen LogP contribution < -0.4 is 0 Å². The molecular formula is C17H14N2. The second-order valence-electron chi connectivity index (χ2n) is 4.76. The van der Waals surface area contributed by atoms with E-state index >= 15 is 0 Å². The van der Waals surface area contributed by atoms with Gasteiger partial charge in [0.2, 0.25) is 0 Å². The van der Waals surface area contributed by atoms with Crippen LogP contribution in [0.1, 0.15) is 16.8 Å². The highest BCUT2D eigenvalue weighted by Crippen LogP contribution is 2.27. The van der Waals surface area contributed by atoms with E-state index < -0.39 is 0 Å². The molecule has 1 aromatic carbocycles. The van der Waals surface area contributed by atoms with Gasteiger partial charge in [-0.3, -0.25) is 0 Å². The number of aryl methyl sites for hydroxylation is 2. The molecule has 0 saturated heterocycles. The Morgan fingerprint density at radius 3 is 2.79 bits per heavy atom. The fourth-order valence-electron chi connectivity index (χ4n) is 2.32. The van der Waals surface area contributed by atoms with Crippen molar-refractivity contribution >= 4 is 10.9 Å². The van der Waals surface area contributed by atoms with Crippen molar-refractivity contribution in [2.75, 3.05) is 0 Å². The summed E-state index contributed by atoms with van der Waals surface area (Å²) in [6.45, 7) is 4.17. The maximum atomic E-state index is 5.56. The van der Waals surface area contributed by atoms with Gasteiger partial charge < -0.3 is 4.98 Å². The van der Waals surface area contributed by atoms with Gasteiger partial charge in [-0.1, -0.05) is 17.7 Å². The summed E-state index contributed by atoms with van der Waals surface area (Å²) in [4.78, 5) is 7.81. The van der Waals surface area contributed by atoms with Crippen molar-refractivity contribution in [3.05, 3.63) is 53.3 Å². The number of nitrogens with zero attached hydrogens (tertiary/aromatic N) is 1. The maximum Gasteiger partial charge on any atom is 0.122 e. The average molecular weight is 246 g/mol. The molecule has 0 amide bonds. The molecule has 0 aliphatic heterocycles. The molecule has 0 bridgehead atoms. The van der Waals surface area contributed by atoms with E-state index in [0.717, 1.165) is 22.2 Å². The Labute approximate surface area is 112 Å². The van der Waals surface area contributed by atoms with Crippen LogP contribution in [0.4, 0.5) is 0 Å². The van der Waals surface area contributed by atoms with E-state index in [2.05, 4.69) is 54.0 Å². The molecule has 0 aliphatic carbocycles. The van der Waals surface area contributed by atoms with Crippen LogP contribution in [0.2, 0.25) is 0 Å². The molecule has 3 aromatic rings. The van der Waals surface area contributed by atoms with E-state index in [1.807, 2.05) is 12.3 Å². The van der Waals surface area contributed by atoms with Gasteiger partial charge in [0, 0.05) is 17.1 Å². The molecule has 0 saturated carbocycles. The number of hydrogen-bond donors (Lipinski definition) is 1. The molecule has 2 aromatic heterocycles. The Kier molecular flexibility index (Phi) is 2.61. The van der Waals surface area contributed by atoms with Crippen molar-refractivity contribution in [1.29, 1.82) is 0 Å². The number of hydrogen-bond acceptors (Lipinski definition) is 1. The number of pyridine rings is 1. The quantitative estimate of drug-likeness (QED) is 0.649. The van der Waals surface area contributed by atoms with Gasteiger partial charge >= 0.3 is 0 Å². The van der Waals surface area contributed by atoms with Crippen LogP contribution in [0, 0.1) is 26.2 Å². The SMILES string of the molecule is C#Cc1nc(-c2cc(C)ccc2C)cc2[nH]ccc12. The Morgan fingerprint density at radius 1 is 1.16 bits per heavy atom. The van der Waals surface area contributed by atoms with E-state index in [1.165, 1.54) is 11.1 Å². The molecule has 0 spiro atoms. The molecule has 2 nitrogen and oxygen atoms in total. The third kappa shape index (κ3) is 1.90. The standard InChI is InChI=1S/C17H14N2/c1-4-15-13-7-8-18-16(13)10-17(19-15)14-9-11(2)5-6-12(14)3/h1,5-10,18H,2-3H3. The van der Waals surface area contributed by atoms with Gasteiger partial charge in [-0.05, 0) is 43.5 Å². The van der Waals surface area contributed by atoms with Crippen molar-refractivity contribution in [3.63, 3.8) is 0 Å². The van der Waals surface area contributed by atoms with Crippen molar-refractivity contribution in [2.24, 2.45) is 0 Å². The summed E-state index contributed by atoms with van der Waals surface area (Å²) in [5.41, 5.74) is 6.19. The summed E-state index contributed by atoms with van der Waals surface area (Å²) in [7, 11) is 0. The summed E-state index contributed by atoms with van der Waals surface area (Å²) in [5, 5.41) is 0.997. The predicted octanol–water partition coefficient (Wildman–Crippen LogP) is 3.83. The smallest absolute Gasteiger partial charge is 0.122 e. The maximum absolute atomic E-state index is 5.56. The van der Waals surface area contributed by atoms with Crippen LogP contribution in [-0.2, 0) is 0 Å². The van der Waals surface area contributed by atoms with Gasteiger partial charge in [-0.2, -0.15) is 0 Å². The number of H-pyrrole nitrogens is 1. The van der Waals surface area contributed by atoms with Gasteiger partial charge in [-0.15, -0.1) is 6.42 Å². The minimum absolute atomic E-state index is 0.689. The van der Waals surface area contributed by atoms with E-state index in [1.54, 1.807) is 0 Å². The number of aromatic nitrogens is 2. The third-order valence-electron chi connectivity index (χ3n) is 3.35. The Hall–Kier alpha value is -2.53. The van der Waals surface area contributed by atoms with Crippen molar-refractivity contribution in [3.8, 4) is 23.6 Å². The second-order valence-corrected chi connectivity index (χ2v) is 4.76. The van der Waals surface area contributed by atoms with Crippen molar-refractivity contribution < 1.29 is 0 Å². The number of rotatable bonds is 1. The minimum Gasteiger partial charge on any atom is -0.361 e. The van der Waals surface area contributed by atoms with E-state index in [0.29, 0.717) is 5.69 Å². The fourth-order valence-corrected chi connectivity index (χ4v) is 2.32. The highest BCUT2D eigenvalue weighted by Gasteiger charge is 2.09. The summed E-state index contributed by atoms with van der Waals surface area (Å²) >= 11 is 0. The summed E-state index contributed by atoms with van der Waals surface area (Å²) in [6, 6.07) is 10.4. The number of terminal acetylenes is 1. The lowest BCUT2D eigenvalue weighted by Crippen LogP contribution is -1.92. The van der Waals surface area contributed by atoms with Crippen molar-refractivity contribution in [2.45, 2.75) is 13.8 Å². The van der Waals surface area contributed by atoms with Gasteiger partial charge in [0.15, 0.2) is 0 Å². The minimum atomic E-state index is 0.689. The Balaban J connectivity index is 2.31. The molecule has 0 radical (unpaired) electrons. The van der Waals surface area contributed by atoms with E-state index in [4.69, 9.17) is 6.42 Å². The number of fused-ring (bicyclic) bond motifs is 1. The van der Waals surface area contributed by atoms with Crippen LogP contribution in [0.3, 0.4) is 0 Å². The first-order valence-corrected chi connectivity index (χ1v) is 6.21. The molecule has 0 aliphatic rings. The molecular weight excluding hydrogens is 232 g/mol. The molecule has 92 valence electrons. The van der Waals surface area contributed by atoms with Gasteiger partial charge in [0.25, 0.3) is 0 Å². The second kappa shape index (κ2) is 4.29. The van der Waals surface area contributed by atoms with E-state index in [-0.39, 0.29) is 0 Å². The monoisotopic (exact) mass is 246 g/mol. The molecule has 19 heavy (non-hydrogen) atoms. The molecule has 2 heterocycles. The lowest BCUT2D eigenvalue weighted by molar-refractivity contribution is 1.29. The molecule has 0 atom stereocenters. The van der Waals surface area contributed by atoms with Crippen molar-refractivity contribution in [1.82, 2.24) is 9.97 Å². The topological polar surface area (TPSA) is 28.7 Å². The molecule has 1 N–H and O–H groups in total. The number of benzene rings is 1. The Morgan fingerprint density at radius 2 is 2.00 bits per heavy atom. The first-order valence-electron chi connectivity index (χ1n) is 6.21. The number of aromatic amines is 1. The largest absolute Gasteiger partial charge is 0.361 e. The first-order chi connectivity index (χ1) is 9.19. The molecule has 0 fully saturated rings. The fraction of sp³-hybridized carbons (Fsp3) is 0.118. The van der Waals surface area contributed by atoms with Gasteiger partial charge in [0.05, 0.1) is 11.2 Å². The predicted molar refractivity (Wildman–Crippen MR) is 78.9 cm³/mol. The van der Waals surface area contributed by atoms with Gasteiger partial charge in [-0.25, -0.2) is 4.98 Å². The number of nitrogens with one attached hydrogen (secondary N) is 1. The van der Waals surface area contributed by atoms with Crippen LogP contribution >= 0.6 is 0 Å². The summed E-state index contributed by atoms with van der Waals surface area (Å²) in [6.07, 6.45) is 7.45. The Bertz CT molecular complexity index is 804.